The van der Waals surface area contributed by atoms with Gasteiger partial charge >= 0.3 is 0 Å². The van der Waals surface area contributed by atoms with E-state index in [0.717, 1.165) is 6.54 Å². The average molecular weight is 356 g/mol. The summed E-state index contributed by atoms with van der Waals surface area (Å²) in [5.41, 5.74) is 0.108. The third-order valence-electron chi connectivity index (χ3n) is 4.03. The van der Waals surface area contributed by atoms with Crippen molar-refractivity contribution in [2.45, 2.75) is 31.7 Å². The molecule has 0 heterocycles. The second kappa shape index (κ2) is 7.63. The molecule has 0 aliphatic carbocycles. The Morgan fingerprint density at radius 1 is 1.21 bits per heavy atom. The van der Waals surface area contributed by atoms with Crippen LogP contribution in [-0.4, -0.2) is 64.9 Å². The Kier molecular flexibility index (Phi) is 6.55. The van der Waals surface area contributed by atoms with Gasteiger partial charge in [-0.25, -0.2) is 13.1 Å². The fraction of sp³-hybridized carbons (Fsp3) is 0.588. The summed E-state index contributed by atoms with van der Waals surface area (Å²) >= 11 is 0. The molecule has 6 nitrogen and oxygen atoms in total. The van der Waals surface area contributed by atoms with E-state index < -0.39 is 10.0 Å². The van der Waals surface area contributed by atoms with Gasteiger partial charge in [-0.2, -0.15) is 0 Å². The second-order valence-corrected chi connectivity index (χ2v) is 9.01. The van der Waals surface area contributed by atoms with Crippen molar-refractivity contribution in [3.8, 4) is 0 Å². The zero-order valence-corrected chi connectivity index (χ0v) is 16.4. The van der Waals surface area contributed by atoms with E-state index in [2.05, 4.69) is 4.72 Å². The van der Waals surface area contributed by atoms with Crippen molar-refractivity contribution in [3.63, 3.8) is 0 Å². The highest BCUT2D eigenvalue weighted by Gasteiger charge is 2.30. The van der Waals surface area contributed by atoms with Gasteiger partial charge < -0.3 is 9.80 Å². The summed E-state index contributed by atoms with van der Waals surface area (Å²) < 4.78 is 28.1. The Morgan fingerprint density at radius 2 is 1.79 bits per heavy atom. The molecule has 1 N–H and O–H groups in total. The standard InChI is InChI=1S/C17H29N3O3S/c1-13(17(2,3)12-19(4)5)18-24(22,23)15-10-8-9-14(11-15)16(21)20(6)7/h8-11,13,18H,12H2,1-7H3. The Hall–Kier alpha value is -1.44. The predicted octanol–water partition coefficient (Wildman–Crippen LogP) is 1.64. The molecule has 1 atom stereocenters. The first kappa shape index (κ1) is 20.6. The monoisotopic (exact) mass is 355 g/mol. The van der Waals surface area contributed by atoms with E-state index in [1.165, 1.54) is 17.0 Å². The second-order valence-electron chi connectivity index (χ2n) is 7.30. The molecule has 136 valence electrons. The molecule has 0 aliphatic rings. The lowest BCUT2D eigenvalue weighted by atomic mass is 9.85. The summed E-state index contributed by atoms with van der Waals surface area (Å²) in [7, 11) is 3.48. The van der Waals surface area contributed by atoms with E-state index in [1.807, 2.05) is 39.8 Å². The highest BCUT2D eigenvalue weighted by atomic mass is 32.2. The number of nitrogens with zero attached hydrogens (tertiary/aromatic N) is 2. The molecule has 0 saturated carbocycles. The van der Waals surface area contributed by atoms with Crippen LogP contribution in [0.3, 0.4) is 0 Å². The van der Waals surface area contributed by atoms with E-state index in [1.54, 1.807) is 26.2 Å². The number of hydrogen-bond acceptors (Lipinski definition) is 4. The fourth-order valence-corrected chi connectivity index (χ4v) is 3.93. The van der Waals surface area contributed by atoms with Gasteiger partial charge in [0.15, 0.2) is 0 Å². The largest absolute Gasteiger partial charge is 0.345 e. The molecule has 0 aromatic heterocycles. The molecule has 7 heteroatoms. The summed E-state index contributed by atoms with van der Waals surface area (Å²) in [6.45, 7) is 6.64. The highest BCUT2D eigenvalue weighted by Crippen LogP contribution is 2.23. The van der Waals surface area contributed by atoms with Crippen LogP contribution in [0.25, 0.3) is 0 Å². The molecule has 1 rings (SSSR count). The summed E-state index contributed by atoms with van der Waals surface area (Å²) in [6, 6.07) is 5.84. The number of carbonyl (C=O) groups is 1. The topological polar surface area (TPSA) is 69.7 Å². The number of hydrogen-bond donors (Lipinski definition) is 1. The summed E-state index contributed by atoms with van der Waals surface area (Å²) in [5.74, 6) is -0.229. The van der Waals surface area contributed by atoms with Crippen LogP contribution in [0.5, 0.6) is 0 Å². The molecular formula is C17H29N3O3S. The number of rotatable bonds is 7. The summed E-state index contributed by atoms with van der Waals surface area (Å²) in [5, 5.41) is 0. The van der Waals surface area contributed by atoms with Crippen molar-refractivity contribution in [3.05, 3.63) is 29.8 Å². The van der Waals surface area contributed by atoms with Gasteiger partial charge in [0.2, 0.25) is 10.0 Å². The van der Waals surface area contributed by atoms with Crippen molar-refractivity contribution in [2.24, 2.45) is 5.41 Å². The van der Waals surface area contributed by atoms with E-state index in [4.69, 9.17) is 0 Å². The van der Waals surface area contributed by atoms with Crippen LogP contribution in [0.1, 0.15) is 31.1 Å². The molecule has 0 bridgehead atoms. The Morgan fingerprint density at radius 3 is 2.29 bits per heavy atom. The maximum Gasteiger partial charge on any atom is 0.253 e. The number of carbonyl (C=O) groups excluding carboxylic acids is 1. The van der Waals surface area contributed by atoms with Gasteiger partial charge in [0.25, 0.3) is 5.91 Å². The lowest BCUT2D eigenvalue weighted by molar-refractivity contribution is 0.0827. The molecule has 0 spiro atoms. The quantitative estimate of drug-likeness (QED) is 0.807. The van der Waals surface area contributed by atoms with Gasteiger partial charge in [-0.1, -0.05) is 19.9 Å². The van der Waals surface area contributed by atoms with E-state index in [-0.39, 0.29) is 22.3 Å². The first-order valence-corrected chi connectivity index (χ1v) is 9.34. The van der Waals surface area contributed by atoms with Crippen LogP contribution in [0, 0.1) is 5.41 Å². The zero-order chi connectivity index (χ0) is 18.7. The maximum absolute atomic E-state index is 12.7. The minimum atomic E-state index is -3.70. The SMILES string of the molecule is CC(NS(=O)(=O)c1cccc(C(=O)N(C)C)c1)C(C)(C)CN(C)C. The lowest BCUT2D eigenvalue weighted by Gasteiger charge is -2.34. The molecule has 1 unspecified atom stereocenters. The van der Waals surface area contributed by atoms with E-state index in [0.29, 0.717) is 5.56 Å². The number of benzene rings is 1. The predicted molar refractivity (Wildman–Crippen MR) is 96.6 cm³/mol. The van der Waals surface area contributed by atoms with Crippen molar-refractivity contribution >= 4 is 15.9 Å². The molecule has 0 radical (unpaired) electrons. The Balaban J connectivity index is 3.05. The lowest BCUT2D eigenvalue weighted by Crippen LogP contribution is -2.47. The number of sulfonamides is 1. The number of amides is 1. The average Bonchev–Trinajstić information content (AvgIpc) is 2.44. The van der Waals surface area contributed by atoms with E-state index >= 15 is 0 Å². The van der Waals surface area contributed by atoms with Gasteiger partial charge in [0.1, 0.15) is 0 Å². The van der Waals surface area contributed by atoms with E-state index in [9.17, 15) is 13.2 Å². The Labute approximate surface area is 145 Å². The van der Waals surface area contributed by atoms with Crippen molar-refractivity contribution in [1.82, 2.24) is 14.5 Å². The van der Waals surface area contributed by atoms with Crippen LogP contribution in [0.4, 0.5) is 0 Å². The first-order chi connectivity index (χ1) is 10.9. The molecular weight excluding hydrogens is 326 g/mol. The van der Waals surface area contributed by atoms with Gasteiger partial charge in [-0.3, -0.25) is 4.79 Å². The molecule has 0 fully saturated rings. The van der Waals surface area contributed by atoms with Crippen LogP contribution < -0.4 is 4.72 Å². The normalized spacial score (nSPS) is 13.8. The molecule has 1 amide bonds. The van der Waals surface area contributed by atoms with Crippen LogP contribution in [0.15, 0.2) is 29.2 Å². The van der Waals surface area contributed by atoms with Crippen LogP contribution in [-0.2, 0) is 10.0 Å². The molecule has 0 aliphatic heterocycles. The van der Waals surface area contributed by atoms with Crippen LogP contribution in [0.2, 0.25) is 0 Å². The molecule has 1 aromatic carbocycles. The van der Waals surface area contributed by atoms with Gasteiger partial charge in [0.05, 0.1) is 4.90 Å². The third-order valence-corrected chi connectivity index (χ3v) is 5.56. The van der Waals surface area contributed by atoms with Crippen molar-refractivity contribution in [2.75, 3.05) is 34.7 Å². The summed E-state index contributed by atoms with van der Waals surface area (Å²) in [6.07, 6.45) is 0. The summed E-state index contributed by atoms with van der Waals surface area (Å²) in [4.78, 5) is 15.6. The number of nitrogens with one attached hydrogen (secondary N) is 1. The highest BCUT2D eigenvalue weighted by molar-refractivity contribution is 7.89. The van der Waals surface area contributed by atoms with Crippen LogP contribution >= 0.6 is 0 Å². The zero-order valence-electron chi connectivity index (χ0n) is 15.6. The van der Waals surface area contributed by atoms with Gasteiger partial charge in [-0.15, -0.1) is 0 Å². The fourth-order valence-electron chi connectivity index (χ4n) is 2.47. The minimum Gasteiger partial charge on any atom is -0.345 e. The third kappa shape index (κ3) is 5.29. The molecule has 0 saturated heterocycles. The minimum absolute atomic E-state index is 0.0997. The van der Waals surface area contributed by atoms with Crippen molar-refractivity contribution in [1.29, 1.82) is 0 Å². The molecule has 1 aromatic rings. The molecule has 24 heavy (non-hydrogen) atoms. The van der Waals surface area contributed by atoms with Crippen molar-refractivity contribution < 1.29 is 13.2 Å². The Bertz CT molecular complexity index is 682. The first-order valence-electron chi connectivity index (χ1n) is 7.85. The van der Waals surface area contributed by atoms with Gasteiger partial charge in [0, 0.05) is 32.2 Å². The smallest absolute Gasteiger partial charge is 0.253 e. The van der Waals surface area contributed by atoms with Gasteiger partial charge in [-0.05, 0) is 44.6 Å². The maximum atomic E-state index is 12.7.